The Hall–Kier alpha value is -1.06. The predicted molar refractivity (Wildman–Crippen MR) is 85.4 cm³/mol. The van der Waals surface area contributed by atoms with E-state index >= 15 is 0 Å². The summed E-state index contributed by atoms with van der Waals surface area (Å²) in [5, 5.41) is 3.75. The number of nitrogens with one attached hydrogen (secondary N) is 1. The van der Waals surface area contributed by atoms with Crippen molar-refractivity contribution in [2.75, 3.05) is 38.1 Å². The highest BCUT2D eigenvalue weighted by molar-refractivity contribution is 5.58. The minimum absolute atomic E-state index is 0.666. The predicted octanol–water partition coefficient (Wildman–Crippen LogP) is 2.25. The summed E-state index contributed by atoms with van der Waals surface area (Å²) in [7, 11) is 2.19. The third-order valence-electron chi connectivity index (χ3n) is 4.82. The molecule has 0 bridgehead atoms. The monoisotopic (exact) mass is 273 g/mol. The van der Waals surface area contributed by atoms with Gasteiger partial charge in [0.1, 0.15) is 0 Å². The van der Waals surface area contributed by atoms with E-state index in [1.165, 1.54) is 62.3 Å². The second-order valence-electron chi connectivity index (χ2n) is 6.25. The molecule has 0 radical (unpaired) electrons. The Morgan fingerprint density at radius 3 is 3.05 bits per heavy atom. The van der Waals surface area contributed by atoms with Crippen molar-refractivity contribution < 1.29 is 0 Å². The van der Waals surface area contributed by atoms with Crippen LogP contribution in [-0.4, -0.2) is 44.2 Å². The third-order valence-corrected chi connectivity index (χ3v) is 4.82. The molecule has 1 fully saturated rings. The highest BCUT2D eigenvalue weighted by Gasteiger charge is 2.19. The average Bonchev–Trinajstić information content (AvgIpc) is 2.86. The van der Waals surface area contributed by atoms with Gasteiger partial charge in [0.15, 0.2) is 0 Å². The van der Waals surface area contributed by atoms with Gasteiger partial charge in [0, 0.05) is 38.4 Å². The first kappa shape index (κ1) is 13.9. The highest BCUT2D eigenvalue weighted by Crippen LogP contribution is 2.27. The van der Waals surface area contributed by atoms with Gasteiger partial charge in [-0.3, -0.25) is 0 Å². The van der Waals surface area contributed by atoms with Gasteiger partial charge in [-0.15, -0.1) is 0 Å². The van der Waals surface area contributed by atoms with Crippen LogP contribution < -0.4 is 10.2 Å². The number of anilines is 1. The summed E-state index contributed by atoms with van der Waals surface area (Å²) < 4.78 is 0. The van der Waals surface area contributed by atoms with Crippen molar-refractivity contribution in [3.8, 4) is 0 Å². The normalized spacial score (nSPS) is 23.1. The van der Waals surface area contributed by atoms with Gasteiger partial charge in [-0.2, -0.15) is 0 Å². The van der Waals surface area contributed by atoms with E-state index in [9.17, 15) is 0 Å². The lowest BCUT2D eigenvalue weighted by atomic mass is 10.0. The SMILES string of the molecule is CCN1CCCC(NCc2ccc3c(c2)CCN3C)C1. The molecule has 1 aromatic rings. The van der Waals surface area contributed by atoms with Gasteiger partial charge in [-0.1, -0.05) is 19.1 Å². The van der Waals surface area contributed by atoms with Gasteiger partial charge in [-0.05, 0) is 49.5 Å². The Balaban J connectivity index is 1.56. The van der Waals surface area contributed by atoms with Crippen LogP contribution in [0.1, 0.15) is 30.9 Å². The second kappa shape index (κ2) is 6.15. The summed E-state index contributed by atoms with van der Waals surface area (Å²) in [6, 6.07) is 7.64. The molecule has 0 saturated carbocycles. The van der Waals surface area contributed by atoms with Crippen LogP contribution in [0.2, 0.25) is 0 Å². The van der Waals surface area contributed by atoms with Gasteiger partial charge in [-0.25, -0.2) is 0 Å². The van der Waals surface area contributed by atoms with E-state index in [4.69, 9.17) is 0 Å². The van der Waals surface area contributed by atoms with Crippen molar-refractivity contribution in [1.82, 2.24) is 10.2 Å². The molecular formula is C17H27N3. The van der Waals surface area contributed by atoms with Crippen LogP contribution in [0.15, 0.2) is 18.2 Å². The molecular weight excluding hydrogens is 246 g/mol. The van der Waals surface area contributed by atoms with E-state index in [1.807, 2.05) is 0 Å². The number of fused-ring (bicyclic) bond motifs is 1. The highest BCUT2D eigenvalue weighted by atomic mass is 15.2. The molecule has 110 valence electrons. The number of hydrogen-bond acceptors (Lipinski definition) is 3. The fourth-order valence-corrected chi connectivity index (χ4v) is 3.50. The van der Waals surface area contributed by atoms with Crippen molar-refractivity contribution >= 4 is 5.69 Å². The lowest BCUT2D eigenvalue weighted by Gasteiger charge is -2.32. The molecule has 1 aromatic carbocycles. The Morgan fingerprint density at radius 2 is 2.20 bits per heavy atom. The lowest BCUT2D eigenvalue weighted by Crippen LogP contribution is -2.45. The van der Waals surface area contributed by atoms with E-state index in [0.29, 0.717) is 6.04 Å². The minimum Gasteiger partial charge on any atom is -0.374 e. The zero-order chi connectivity index (χ0) is 13.9. The Morgan fingerprint density at radius 1 is 1.30 bits per heavy atom. The number of likely N-dealkylation sites (tertiary alicyclic amines) is 1. The van der Waals surface area contributed by atoms with Crippen molar-refractivity contribution in [3.63, 3.8) is 0 Å². The minimum atomic E-state index is 0.666. The Bertz CT molecular complexity index is 458. The number of likely N-dealkylation sites (N-methyl/N-ethyl adjacent to an activating group) is 2. The van der Waals surface area contributed by atoms with Crippen LogP contribution in [-0.2, 0) is 13.0 Å². The van der Waals surface area contributed by atoms with Crippen LogP contribution >= 0.6 is 0 Å². The molecule has 3 heteroatoms. The molecule has 3 rings (SSSR count). The van der Waals surface area contributed by atoms with Crippen LogP contribution in [0.3, 0.4) is 0 Å². The number of nitrogens with zero attached hydrogens (tertiary/aromatic N) is 2. The van der Waals surface area contributed by atoms with Gasteiger partial charge < -0.3 is 15.1 Å². The van der Waals surface area contributed by atoms with E-state index in [-0.39, 0.29) is 0 Å². The molecule has 2 heterocycles. The Kier molecular flexibility index (Phi) is 4.27. The second-order valence-corrected chi connectivity index (χ2v) is 6.25. The molecule has 2 aliphatic heterocycles. The molecule has 20 heavy (non-hydrogen) atoms. The van der Waals surface area contributed by atoms with Gasteiger partial charge in [0.25, 0.3) is 0 Å². The zero-order valence-corrected chi connectivity index (χ0v) is 12.9. The summed E-state index contributed by atoms with van der Waals surface area (Å²) in [5.41, 5.74) is 4.38. The first-order valence-corrected chi connectivity index (χ1v) is 8.05. The maximum atomic E-state index is 3.75. The molecule has 0 spiro atoms. The summed E-state index contributed by atoms with van der Waals surface area (Å²) in [6.45, 7) is 8.12. The summed E-state index contributed by atoms with van der Waals surface area (Å²) in [4.78, 5) is 4.91. The number of piperidine rings is 1. The average molecular weight is 273 g/mol. The Labute approximate surface area is 123 Å². The molecule has 1 N–H and O–H groups in total. The van der Waals surface area contributed by atoms with Crippen LogP contribution in [0.4, 0.5) is 5.69 Å². The molecule has 1 unspecified atom stereocenters. The smallest absolute Gasteiger partial charge is 0.0397 e. The lowest BCUT2D eigenvalue weighted by molar-refractivity contribution is 0.198. The quantitative estimate of drug-likeness (QED) is 0.908. The van der Waals surface area contributed by atoms with Crippen molar-refractivity contribution in [2.24, 2.45) is 0 Å². The van der Waals surface area contributed by atoms with E-state index < -0.39 is 0 Å². The van der Waals surface area contributed by atoms with Crippen molar-refractivity contribution in [1.29, 1.82) is 0 Å². The molecule has 1 saturated heterocycles. The maximum Gasteiger partial charge on any atom is 0.0397 e. The first-order chi connectivity index (χ1) is 9.76. The standard InChI is InChI=1S/C17H27N3/c1-3-20-9-4-5-16(13-20)18-12-14-6-7-17-15(11-14)8-10-19(17)2/h6-7,11,16,18H,3-5,8-10,12-13H2,1-2H3. The van der Waals surface area contributed by atoms with Crippen molar-refractivity contribution in [3.05, 3.63) is 29.3 Å². The van der Waals surface area contributed by atoms with Gasteiger partial charge >= 0.3 is 0 Å². The molecule has 1 atom stereocenters. The number of hydrogen-bond donors (Lipinski definition) is 1. The summed E-state index contributed by atoms with van der Waals surface area (Å²) >= 11 is 0. The van der Waals surface area contributed by atoms with Crippen LogP contribution in [0.5, 0.6) is 0 Å². The topological polar surface area (TPSA) is 18.5 Å². The maximum absolute atomic E-state index is 3.75. The van der Waals surface area contributed by atoms with E-state index in [0.717, 1.165) is 6.54 Å². The van der Waals surface area contributed by atoms with Crippen molar-refractivity contribution in [2.45, 2.75) is 38.8 Å². The number of rotatable bonds is 4. The molecule has 0 amide bonds. The molecule has 0 aromatic heterocycles. The summed E-state index contributed by atoms with van der Waals surface area (Å²) in [5.74, 6) is 0. The zero-order valence-electron chi connectivity index (χ0n) is 12.9. The number of benzene rings is 1. The van der Waals surface area contributed by atoms with E-state index in [1.54, 1.807) is 0 Å². The van der Waals surface area contributed by atoms with Crippen LogP contribution in [0, 0.1) is 0 Å². The molecule has 0 aliphatic carbocycles. The fourth-order valence-electron chi connectivity index (χ4n) is 3.50. The van der Waals surface area contributed by atoms with E-state index in [2.05, 4.69) is 47.3 Å². The molecule has 3 nitrogen and oxygen atoms in total. The molecule has 2 aliphatic rings. The fraction of sp³-hybridized carbons (Fsp3) is 0.647. The largest absolute Gasteiger partial charge is 0.374 e. The summed E-state index contributed by atoms with van der Waals surface area (Å²) in [6.07, 6.45) is 3.86. The van der Waals surface area contributed by atoms with Crippen LogP contribution in [0.25, 0.3) is 0 Å². The van der Waals surface area contributed by atoms with Gasteiger partial charge in [0.2, 0.25) is 0 Å². The van der Waals surface area contributed by atoms with Gasteiger partial charge in [0.05, 0.1) is 0 Å². The third kappa shape index (κ3) is 2.99. The first-order valence-electron chi connectivity index (χ1n) is 8.05.